The quantitative estimate of drug-likeness (QED) is 0.444. The fourth-order valence-corrected chi connectivity index (χ4v) is 6.16. The number of rotatable bonds is 3. The molecule has 29 heavy (non-hydrogen) atoms. The van der Waals surface area contributed by atoms with Gasteiger partial charge < -0.3 is 4.90 Å². The van der Waals surface area contributed by atoms with Gasteiger partial charge in [0.1, 0.15) is 0 Å². The van der Waals surface area contributed by atoms with E-state index in [2.05, 4.69) is 77.7 Å². The number of hydrogen-bond donors (Lipinski definition) is 0. The number of nitrogens with zero attached hydrogens (tertiary/aromatic N) is 1. The maximum atomic E-state index is 2.25. The van der Waals surface area contributed by atoms with Crippen LogP contribution >= 0.6 is 0 Å². The van der Waals surface area contributed by atoms with Gasteiger partial charge in [-0.3, -0.25) is 0 Å². The molecule has 7 rings (SSSR count). The van der Waals surface area contributed by atoms with E-state index in [9.17, 15) is 0 Å². The van der Waals surface area contributed by atoms with Crippen molar-refractivity contribution in [3.8, 4) is 0 Å². The maximum absolute atomic E-state index is 2.25. The lowest BCUT2D eigenvalue weighted by molar-refractivity contribution is 0.0198. The van der Waals surface area contributed by atoms with Crippen molar-refractivity contribution in [2.45, 2.75) is 38.5 Å². The summed E-state index contributed by atoms with van der Waals surface area (Å²) < 4.78 is 0. The first kappa shape index (κ1) is 18.5. The van der Waals surface area contributed by atoms with E-state index in [-0.39, 0.29) is 0 Å². The molecule has 4 aliphatic rings. The minimum atomic E-state index is 1.17. The third-order valence-electron chi connectivity index (χ3n) is 7.04. The number of anilines is 3. The Bertz CT molecular complexity index is 737. The van der Waals surface area contributed by atoms with Crippen LogP contribution in [0.5, 0.6) is 0 Å². The van der Waals surface area contributed by atoms with Crippen molar-refractivity contribution >= 4 is 17.1 Å². The van der Waals surface area contributed by atoms with Crippen LogP contribution < -0.4 is 4.90 Å². The van der Waals surface area contributed by atoms with Gasteiger partial charge in [0.2, 0.25) is 0 Å². The molecule has 0 aromatic heterocycles. The van der Waals surface area contributed by atoms with Gasteiger partial charge in [0.05, 0.1) is 0 Å². The molecule has 4 fully saturated rings. The van der Waals surface area contributed by atoms with Crippen molar-refractivity contribution in [1.29, 1.82) is 0 Å². The number of benzene rings is 3. The fraction of sp³-hybridized carbons (Fsp3) is 0.357. The Labute approximate surface area is 175 Å². The molecule has 148 valence electrons. The molecule has 1 heteroatoms. The third kappa shape index (κ3) is 4.24. The second-order valence-corrected chi connectivity index (χ2v) is 9.22. The Morgan fingerprint density at radius 1 is 0.379 bits per heavy atom. The van der Waals surface area contributed by atoms with Gasteiger partial charge >= 0.3 is 0 Å². The lowest BCUT2D eigenvalue weighted by Crippen LogP contribution is -2.38. The average molecular weight is 382 g/mol. The molecular weight excluding hydrogens is 350 g/mol. The molecule has 0 aliphatic heterocycles. The molecule has 0 saturated heterocycles. The van der Waals surface area contributed by atoms with Crippen LogP contribution in [0.25, 0.3) is 0 Å². The SMILES string of the molecule is C1C2CC3CC1CC(C2)C3.c1ccc(N(c2ccccc2)c2ccccc2)cc1. The van der Waals surface area contributed by atoms with Crippen molar-refractivity contribution in [1.82, 2.24) is 0 Å². The van der Waals surface area contributed by atoms with Crippen LogP contribution in [0.1, 0.15) is 38.5 Å². The van der Waals surface area contributed by atoms with Crippen molar-refractivity contribution < 1.29 is 0 Å². The molecule has 0 spiro atoms. The monoisotopic (exact) mass is 381 g/mol. The van der Waals surface area contributed by atoms with Crippen LogP contribution in [-0.2, 0) is 0 Å². The largest absolute Gasteiger partial charge is 0.311 e. The molecule has 0 atom stereocenters. The molecule has 4 saturated carbocycles. The zero-order valence-electron chi connectivity index (χ0n) is 17.2. The van der Waals surface area contributed by atoms with Gasteiger partial charge in [-0.2, -0.15) is 0 Å². The predicted octanol–water partition coefficient (Wildman–Crippen LogP) is 7.99. The second-order valence-electron chi connectivity index (χ2n) is 9.22. The van der Waals surface area contributed by atoms with E-state index in [1.54, 1.807) is 38.5 Å². The van der Waals surface area contributed by atoms with Gasteiger partial charge in [0, 0.05) is 17.1 Å². The summed E-state index contributed by atoms with van der Waals surface area (Å²) in [5, 5.41) is 0. The number of hydrogen-bond acceptors (Lipinski definition) is 1. The van der Waals surface area contributed by atoms with E-state index < -0.39 is 0 Å². The molecule has 0 N–H and O–H groups in total. The summed E-state index contributed by atoms with van der Waals surface area (Å²) in [5.41, 5.74) is 3.50. The van der Waals surface area contributed by atoms with E-state index in [0.29, 0.717) is 0 Å². The molecule has 0 unspecified atom stereocenters. The standard InChI is InChI=1S/C18H15N.C10H16/c1-4-10-16(11-5-1)19(17-12-6-2-7-13-17)18-14-8-3-9-15-18;1-7-2-9-4-8(1)5-10(3-7)6-9/h1-15H;7-10H,1-6H2. The highest BCUT2D eigenvalue weighted by Gasteiger charge is 2.41. The first-order valence-electron chi connectivity index (χ1n) is 11.3. The van der Waals surface area contributed by atoms with E-state index >= 15 is 0 Å². The van der Waals surface area contributed by atoms with Crippen LogP contribution in [0.2, 0.25) is 0 Å². The summed E-state index contributed by atoms with van der Waals surface area (Å²) in [5.74, 6) is 4.71. The lowest BCUT2D eigenvalue weighted by Gasteiger charge is -2.49. The van der Waals surface area contributed by atoms with E-state index in [0.717, 1.165) is 0 Å². The Kier molecular flexibility index (Phi) is 5.39. The van der Waals surface area contributed by atoms with Gasteiger partial charge in [-0.05, 0) is 98.6 Å². The minimum Gasteiger partial charge on any atom is -0.311 e. The first-order chi connectivity index (χ1) is 14.3. The summed E-state index contributed by atoms with van der Waals surface area (Å²) >= 11 is 0. The van der Waals surface area contributed by atoms with Crippen LogP contribution in [0.4, 0.5) is 17.1 Å². The Balaban J connectivity index is 0.000000150. The van der Waals surface area contributed by atoms with Gasteiger partial charge in [-0.1, -0.05) is 54.6 Å². The first-order valence-corrected chi connectivity index (χ1v) is 11.3. The molecule has 0 radical (unpaired) electrons. The highest BCUT2D eigenvalue weighted by Crippen LogP contribution is 2.53. The summed E-state index contributed by atoms with van der Waals surface area (Å²) in [6.07, 6.45) is 9.62. The molecule has 4 aliphatic carbocycles. The van der Waals surface area contributed by atoms with Gasteiger partial charge in [0.25, 0.3) is 0 Å². The van der Waals surface area contributed by atoms with E-state index in [4.69, 9.17) is 0 Å². The van der Waals surface area contributed by atoms with Gasteiger partial charge in [-0.25, -0.2) is 0 Å². The van der Waals surface area contributed by atoms with Crippen LogP contribution in [0.15, 0.2) is 91.0 Å². The van der Waals surface area contributed by atoms with Gasteiger partial charge in [-0.15, -0.1) is 0 Å². The normalized spacial score (nSPS) is 26.5. The number of para-hydroxylation sites is 3. The summed E-state index contributed by atoms with van der Waals surface area (Å²) in [4.78, 5) is 2.25. The summed E-state index contributed by atoms with van der Waals surface area (Å²) in [6.45, 7) is 0. The molecule has 3 aromatic rings. The topological polar surface area (TPSA) is 3.24 Å². The van der Waals surface area contributed by atoms with Crippen molar-refractivity contribution in [3.05, 3.63) is 91.0 Å². The molecular formula is C28H31N. The van der Waals surface area contributed by atoms with E-state index in [1.807, 2.05) is 18.2 Å². The second kappa shape index (κ2) is 8.45. The smallest absolute Gasteiger partial charge is 0.0461 e. The highest BCUT2D eigenvalue weighted by molar-refractivity contribution is 5.76. The van der Waals surface area contributed by atoms with Crippen molar-refractivity contribution in [3.63, 3.8) is 0 Å². The van der Waals surface area contributed by atoms with Crippen molar-refractivity contribution in [2.24, 2.45) is 23.7 Å². The molecule has 4 bridgehead atoms. The molecule has 0 heterocycles. The Morgan fingerprint density at radius 2 is 0.621 bits per heavy atom. The Morgan fingerprint density at radius 3 is 0.862 bits per heavy atom. The molecule has 0 amide bonds. The third-order valence-corrected chi connectivity index (χ3v) is 7.04. The molecule has 1 nitrogen and oxygen atoms in total. The maximum Gasteiger partial charge on any atom is 0.0461 e. The van der Waals surface area contributed by atoms with Gasteiger partial charge in [0.15, 0.2) is 0 Å². The zero-order chi connectivity index (χ0) is 19.5. The van der Waals surface area contributed by atoms with Crippen LogP contribution in [0.3, 0.4) is 0 Å². The van der Waals surface area contributed by atoms with E-state index in [1.165, 1.54) is 40.7 Å². The Hall–Kier alpha value is -2.54. The average Bonchev–Trinajstić information content (AvgIpc) is 2.76. The summed E-state index contributed by atoms with van der Waals surface area (Å²) in [6, 6.07) is 31.3. The fourth-order valence-electron chi connectivity index (χ4n) is 6.16. The predicted molar refractivity (Wildman–Crippen MR) is 123 cm³/mol. The lowest BCUT2D eigenvalue weighted by atomic mass is 9.56. The summed E-state index contributed by atoms with van der Waals surface area (Å²) in [7, 11) is 0. The molecule has 3 aromatic carbocycles. The van der Waals surface area contributed by atoms with Crippen LogP contribution in [-0.4, -0.2) is 0 Å². The van der Waals surface area contributed by atoms with Crippen molar-refractivity contribution in [2.75, 3.05) is 4.90 Å². The zero-order valence-corrected chi connectivity index (χ0v) is 17.2. The highest BCUT2D eigenvalue weighted by atomic mass is 15.1. The van der Waals surface area contributed by atoms with Crippen LogP contribution in [0, 0.1) is 23.7 Å². The minimum absolute atomic E-state index is 1.17.